The normalized spacial score (nSPS) is 11.0. The van der Waals surface area contributed by atoms with E-state index in [1.807, 2.05) is 91.5 Å². The van der Waals surface area contributed by atoms with Gasteiger partial charge in [-0.1, -0.05) is 12.1 Å². The molecule has 18 rings (SSSR count). The van der Waals surface area contributed by atoms with Crippen molar-refractivity contribution < 1.29 is 22.7 Å². The number of rotatable bonds is 6. The third-order valence-corrected chi connectivity index (χ3v) is 22.2. The van der Waals surface area contributed by atoms with Crippen molar-refractivity contribution >= 4 is 290 Å². The molecule has 0 fully saturated rings. The number of nitrogens with zero attached hydrogens (tertiary/aromatic N) is 11. The van der Waals surface area contributed by atoms with E-state index in [-0.39, 0.29) is 0 Å². The largest absolute Gasteiger partial charge is 0.650 e. The lowest BCUT2D eigenvalue weighted by Crippen LogP contribution is -1.89. The molecule has 18 aromatic rings. The van der Waals surface area contributed by atoms with Gasteiger partial charge >= 0.3 is 99.7 Å². The molecule has 91 heavy (non-hydrogen) atoms. The summed E-state index contributed by atoms with van der Waals surface area (Å²) in [6.07, 6.45) is 21.2. The second kappa shape index (κ2) is 29.0. The molecule has 0 spiro atoms. The number of thiophene rings is 6. The van der Waals surface area contributed by atoms with E-state index in [0.29, 0.717) is 5.88 Å². The lowest BCUT2D eigenvalue weighted by Gasteiger charge is -2.05. The molecule has 3 aromatic carbocycles. The molecule has 15 heterocycles. The van der Waals surface area contributed by atoms with Gasteiger partial charge in [0.1, 0.15) is 23.2 Å². The van der Waals surface area contributed by atoms with Crippen LogP contribution in [0.15, 0.2) is 184 Å². The fraction of sp³-hybridized carbons (Fsp3) is 0.0161. The zero-order valence-electron chi connectivity index (χ0n) is 47.9. The molecule has 0 saturated heterocycles. The maximum Gasteiger partial charge on any atom is 0.495 e. The Balaban J connectivity index is 0.0000000999. The highest BCUT2D eigenvalue weighted by Crippen LogP contribution is 2.43. The Hall–Kier alpha value is -6.82. The Bertz CT molecular complexity index is 4980. The monoisotopic (exact) mass is 1390 g/mol. The van der Waals surface area contributed by atoms with Gasteiger partial charge in [-0.2, -0.15) is 0 Å². The molecule has 15 aromatic heterocycles. The molecule has 0 aliphatic carbocycles. The molecule has 17 nitrogen and oxygen atoms in total. The maximum absolute atomic E-state index is 5.45. The first-order chi connectivity index (χ1) is 44.8. The van der Waals surface area contributed by atoms with Crippen LogP contribution in [-0.4, -0.2) is 155 Å². The first-order valence-corrected chi connectivity index (χ1v) is 35.5. The van der Waals surface area contributed by atoms with Crippen molar-refractivity contribution in [1.82, 2.24) is 54.8 Å². The smallest absolute Gasteiger partial charge is 0.495 e. The summed E-state index contributed by atoms with van der Waals surface area (Å²) in [7, 11) is 0. The number of benzene rings is 3. The molecule has 0 saturated carbocycles. The Morgan fingerprint density at radius 2 is 0.703 bits per heavy atom. The topological polar surface area (TPSA) is 197 Å². The third kappa shape index (κ3) is 13.0. The minimum atomic E-state index is 0.663. The van der Waals surface area contributed by atoms with Crippen LogP contribution in [0.5, 0.6) is 34.6 Å². The molecular weight excluding hydrogens is 1350 g/mol. The van der Waals surface area contributed by atoms with Gasteiger partial charge in [0, 0.05) is 74.6 Å². The quantitative estimate of drug-likeness (QED) is 0.142. The van der Waals surface area contributed by atoms with E-state index in [1.165, 1.54) is 138 Å². The third-order valence-electron chi connectivity index (χ3n) is 13.9. The zero-order valence-corrected chi connectivity index (χ0v) is 61.3. The van der Waals surface area contributed by atoms with Gasteiger partial charge < -0.3 is 22.7 Å². The van der Waals surface area contributed by atoms with Crippen LogP contribution in [0, 0.1) is 6.92 Å². The van der Waals surface area contributed by atoms with Gasteiger partial charge in [0.05, 0.1) is 128 Å². The Labute approximate surface area is 591 Å². The highest BCUT2D eigenvalue weighted by Gasteiger charge is 2.16. The van der Waals surface area contributed by atoms with Crippen molar-refractivity contribution in [1.29, 1.82) is 0 Å². The fourth-order valence-corrected chi connectivity index (χ4v) is 17.8. The Kier molecular flexibility index (Phi) is 20.1. The first-order valence-electron chi connectivity index (χ1n) is 27.2. The molecule has 0 unspecified atom stereocenters. The summed E-state index contributed by atoms with van der Waals surface area (Å²) in [6, 6.07) is 36.3. The molecular formula is C62H39Al6N11O6S6. The predicted octanol–water partition coefficient (Wildman–Crippen LogP) is 13.1. The van der Waals surface area contributed by atoms with Crippen molar-refractivity contribution in [3.8, 4) is 34.6 Å². The van der Waals surface area contributed by atoms with Gasteiger partial charge in [-0.15, -0.1) is 68.0 Å². The molecule has 0 aliphatic rings. The van der Waals surface area contributed by atoms with Crippen molar-refractivity contribution in [3.63, 3.8) is 0 Å². The number of hydrogen-bond donors (Lipinski definition) is 0. The Morgan fingerprint density at radius 3 is 1.25 bits per heavy atom. The van der Waals surface area contributed by atoms with Gasteiger partial charge in [0.2, 0.25) is 0 Å². The van der Waals surface area contributed by atoms with Crippen molar-refractivity contribution in [2.75, 3.05) is 0 Å². The summed E-state index contributed by atoms with van der Waals surface area (Å²) in [4.78, 5) is 47.9. The first kappa shape index (κ1) is 63.0. The van der Waals surface area contributed by atoms with Crippen LogP contribution >= 0.6 is 68.0 Å². The Morgan fingerprint density at radius 1 is 0.286 bits per heavy atom. The van der Waals surface area contributed by atoms with E-state index in [2.05, 4.69) is 104 Å². The highest BCUT2D eigenvalue weighted by molar-refractivity contribution is 7.27. The standard InChI is InChI=1S/C11H8N2OS.C11H7NOS.4C10H6N2OS.6Al.6H/c1-6-2-7(14)10-8(3-6)15-9-4-12-5-13-11(9)10;13-7-3-1-4-8-10(7)11-9(14-8)5-2-6-12-11;13-10-8-6(3-5-12-10)14-7-2-1-4-11-9(7)8;13-6-3-5-12-10-8(6)9-7(14-10)2-1-4-11-9;13-6-4-11-5-8-9(6)10-7(14-8)2-1-3-12-10;13-6-2-1-3-7-9(6)10-8(14-7)4-11-5-12-10;;;;;;;;;;;;/h2-5,14H,1H3;1-6,13H;2*1-5H,(H,12,13);2*1-5,13H;;;;;;;;;;;;/q;;;;;;6*+1;;;;;;/p-6. The second-order valence-electron chi connectivity index (χ2n) is 19.2. The molecule has 0 aliphatic heterocycles. The lowest BCUT2D eigenvalue weighted by atomic mass is 10.1. The SMILES string of the molecule is Cc1cc([O][AlH])c2c(c1)sc1cncnc12.[AlH][O]c1cccc2sc3cccnc3c12.[AlH][O]c1cccc2sc3cncnc3c12.[AlH][O]c1ccnc2sc3cccnc3c12.[AlH][O]c1cncc2sc3cccnc3c12.[AlH][O]c1nccc2sc3cccnc3c12. The van der Waals surface area contributed by atoms with Crippen LogP contribution in [0.1, 0.15) is 5.56 Å². The minimum absolute atomic E-state index is 0.663. The number of hydrogen-bond acceptors (Lipinski definition) is 23. The van der Waals surface area contributed by atoms with E-state index in [0.717, 1.165) is 118 Å². The van der Waals surface area contributed by atoms with Crippen LogP contribution in [0.4, 0.5) is 0 Å². The second-order valence-corrected chi connectivity index (χ2v) is 27.4. The maximum atomic E-state index is 5.45. The summed E-state index contributed by atoms with van der Waals surface area (Å²) in [5.74, 6) is 5.01. The molecule has 0 bridgehead atoms. The van der Waals surface area contributed by atoms with Gasteiger partial charge in [-0.05, 0) is 110 Å². The van der Waals surface area contributed by atoms with Gasteiger partial charge in [0.25, 0.3) is 0 Å². The lowest BCUT2D eigenvalue weighted by molar-refractivity contribution is 0.597. The average molecular weight is 1390 g/mol. The summed E-state index contributed by atoms with van der Waals surface area (Å²) in [6.45, 7) is 2.07. The average Bonchev–Trinajstić information content (AvgIpc) is 2.17. The molecule has 0 N–H and O–H groups in total. The summed E-state index contributed by atoms with van der Waals surface area (Å²) < 4.78 is 45.0. The minimum Gasteiger partial charge on any atom is -0.650 e. The van der Waals surface area contributed by atoms with Crippen molar-refractivity contribution in [3.05, 3.63) is 189 Å². The number of aryl methyl sites for hydroxylation is 1. The van der Waals surface area contributed by atoms with Gasteiger partial charge in [-0.3, -0.25) is 24.9 Å². The van der Waals surface area contributed by atoms with Crippen LogP contribution in [0.3, 0.4) is 0 Å². The molecule has 6 radical (unpaired) electrons. The van der Waals surface area contributed by atoms with Crippen molar-refractivity contribution in [2.45, 2.75) is 6.92 Å². The van der Waals surface area contributed by atoms with Crippen LogP contribution in [0.25, 0.3) is 122 Å². The van der Waals surface area contributed by atoms with E-state index in [4.69, 9.17) is 22.7 Å². The molecule has 0 atom stereocenters. The number of pyridine rings is 7. The van der Waals surface area contributed by atoms with E-state index >= 15 is 0 Å². The number of fused-ring (bicyclic) bond motifs is 18. The predicted molar refractivity (Wildman–Crippen MR) is 383 cm³/mol. The van der Waals surface area contributed by atoms with E-state index < -0.39 is 0 Å². The van der Waals surface area contributed by atoms with Crippen LogP contribution < -0.4 is 22.7 Å². The molecule has 29 heteroatoms. The van der Waals surface area contributed by atoms with Crippen LogP contribution in [-0.2, 0) is 0 Å². The summed E-state index contributed by atoms with van der Waals surface area (Å²) >= 11 is 19.0. The molecule has 432 valence electrons. The van der Waals surface area contributed by atoms with Gasteiger partial charge in [0.15, 0.2) is 5.88 Å². The summed E-state index contributed by atoms with van der Waals surface area (Å²) in [5.41, 5.74) is 7.17. The number of aromatic nitrogens is 11. The van der Waals surface area contributed by atoms with E-state index in [9.17, 15) is 0 Å². The van der Waals surface area contributed by atoms with Crippen LogP contribution in [0.2, 0.25) is 0 Å². The summed E-state index contributed by atoms with van der Waals surface area (Å²) in [5, 5.41) is 6.44. The van der Waals surface area contributed by atoms with Crippen molar-refractivity contribution in [2.24, 2.45) is 0 Å². The van der Waals surface area contributed by atoms with Gasteiger partial charge in [-0.25, -0.2) is 29.9 Å². The molecule has 0 amide bonds. The van der Waals surface area contributed by atoms with E-state index in [1.54, 1.807) is 118 Å². The fourth-order valence-electron chi connectivity index (χ4n) is 10.1. The highest BCUT2D eigenvalue weighted by atomic mass is 32.1. The zero-order chi connectivity index (χ0) is 62.4.